The van der Waals surface area contributed by atoms with Crippen LogP contribution in [0, 0.1) is 12.3 Å². The Morgan fingerprint density at radius 2 is 2.88 bits per heavy atom. The van der Waals surface area contributed by atoms with E-state index in [4.69, 9.17) is 18.8 Å². The quantitative estimate of drug-likeness (QED) is 0.511. The molecule has 0 heterocycles. The fraction of sp³-hybridized carbons (Fsp3) is 0.714. The Hall–Kier alpha value is -0.480. The number of hydrogen-bond acceptors (Lipinski definition) is 1. The number of hydrogen-bond donors (Lipinski definition) is 0. The normalized spacial score (nSPS) is 32.1. The molecule has 1 nitrogen and oxygen atoms in total. The van der Waals surface area contributed by atoms with Crippen molar-refractivity contribution >= 4 is 0 Å². The summed E-state index contributed by atoms with van der Waals surface area (Å²) in [7, 11) is 0. The predicted octanol–water partition coefficient (Wildman–Crippen LogP) is 1.44. The first kappa shape index (κ1) is 1.33. The maximum atomic E-state index is 7.33. The number of terminal acetylenes is 1. The first-order chi connectivity index (χ1) is 7.31. The summed E-state index contributed by atoms with van der Waals surface area (Å²) in [6, 6.07) is 0. The molecule has 0 amide bonds. The van der Waals surface area contributed by atoms with Crippen molar-refractivity contribution in [2.45, 2.75) is 19.6 Å². The molecule has 0 radical (unpaired) electrons. The van der Waals surface area contributed by atoms with Crippen molar-refractivity contribution in [2.24, 2.45) is 0 Å². The van der Waals surface area contributed by atoms with Crippen molar-refractivity contribution in [3.63, 3.8) is 0 Å². The summed E-state index contributed by atoms with van der Waals surface area (Å²) < 4.78 is 68.7. The zero-order valence-electron chi connectivity index (χ0n) is 13.2. The second-order valence-corrected chi connectivity index (χ2v) is 0.845. The van der Waals surface area contributed by atoms with Gasteiger partial charge < -0.3 is 4.74 Å². The van der Waals surface area contributed by atoms with Crippen LogP contribution >= 0.6 is 0 Å². The predicted molar refractivity (Wildman–Crippen MR) is 34.6 cm³/mol. The van der Waals surface area contributed by atoms with E-state index in [1.807, 2.05) is 5.92 Å². The van der Waals surface area contributed by atoms with Gasteiger partial charge in [0.15, 0.2) is 0 Å². The van der Waals surface area contributed by atoms with E-state index < -0.39 is 32.8 Å². The van der Waals surface area contributed by atoms with E-state index in [2.05, 4.69) is 4.74 Å². The van der Waals surface area contributed by atoms with Gasteiger partial charge in [0.1, 0.15) is 6.61 Å². The Balaban J connectivity index is 5.33. The summed E-state index contributed by atoms with van der Waals surface area (Å²) in [5, 5.41) is 0. The van der Waals surface area contributed by atoms with Crippen molar-refractivity contribution in [2.75, 3.05) is 13.2 Å². The molecule has 0 spiro atoms. The third-order valence-electron chi connectivity index (χ3n) is 0.341. The molecule has 1 heteroatoms. The first-order valence-corrected chi connectivity index (χ1v) is 1.89. The first-order valence-electron chi connectivity index (χ1n) is 6.39. The van der Waals surface area contributed by atoms with Crippen molar-refractivity contribution in [3.05, 3.63) is 0 Å². The minimum absolute atomic E-state index is 0.594. The molecule has 46 valence electrons. The van der Waals surface area contributed by atoms with E-state index in [9.17, 15) is 0 Å². The highest BCUT2D eigenvalue weighted by atomic mass is 16.5. The van der Waals surface area contributed by atoms with E-state index in [1.54, 1.807) is 0 Å². The van der Waals surface area contributed by atoms with Gasteiger partial charge in [-0.1, -0.05) is 19.1 Å². The van der Waals surface area contributed by atoms with Crippen molar-refractivity contribution < 1.29 is 17.1 Å². The monoisotopic (exact) mass is 121 g/mol. The lowest BCUT2D eigenvalue weighted by atomic mass is 10.4. The average Bonchev–Trinajstić information content (AvgIpc) is 2.12. The highest BCUT2D eigenvalue weighted by molar-refractivity contribution is 4.82. The molecule has 0 N–H and O–H groups in total. The molecule has 8 heavy (non-hydrogen) atoms. The average molecular weight is 121 g/mol. The molecule has 0 saturated carbocycles. The lowest BCUT2D eigenvalue weighted by Gasteiger charge is -1.94. The van der Waals surface area contributed by atoms with Crippen molar-refractivity contribution in [1.82, 2.24) is 0 Å². The van der Waals surface area contributed by atoms with Crippen LogP contribution in [0.5, 0.6) is 0 Å². The topological polar surface area (TPSA) is 9.23 Å². The van der Waals surface area contributed by atoms with Crippen LogP contribution in [0.15, 0.2) is 0 Å². The fourth-order valence-electron chi connectivity index (χ4n) is 0.139. The molecule has 0 atom stereocenters. The molecular formula is C7H12O. The minimum atomic E-state index is -3.42. The summed E-state index contributed by atoms with van der Waals surface area (Å²) in [5.74, 6) is 1.89. The third kappa shape index (κ3) is 5.52. The molecule has 0 rings (SSSR count). The maximum Gasteiger partial charge on any atom is 0.107 e. The van der Waals surface area contributed by atoms with Gasteiger partial charge >= 0.3 is 0 Å². The van der Waals surface area contributed by atoms with Gasteiger partial charge in [-0.05, 0) is 6.37 Å². The van der Waals surface area contributed by atoms with E-state index in [0.717, 1.165) is 0 Å². The molecule has 0 aliphatic heterocycles. The second kappa shape index (κ2) is 6.52. The molecule has 0 aliphatic carbocycles. The van der Waals surface area contributed by atoms with E-state index in [-0.39, 0.29) is 0 Å². The van der Waals surface area contributed by atoms with Crippen molar-refractivity contribution in [1.29, 1.82) is 0 Å². The number of ether oxygens (including phenoxy) is 1. The summed E-state index contributed by atoms with van der Waals surface area (Å²) in [5.41, 5.74) is 0. The van der Waals surface area contributed by atoms with Crippen LogP contribution < -0.4 is 0 Å². The van der Waals surface area contributed by atoms with Gasteiger partial charge in [0.05, 0.1) is 2.74 Å². The Morgan fingerprint density at radius 3 is 3.50 bits per heavy atom. The van der Waals surface area contributed by atoms with Gasteiger partial charge in [-0.3, -0.25) is 0 Å². The highest BCUT2D eigenvalue weighted by Crippen LogP contribution is 1.85. The summed E-state index contributed by atoms with van der Waals surface area (Å²) in [6.07, 6.45) is -2.00. The Labute approximate surface area is 63.7 Å². The van der Waals surface area contributed by atoms with Gasteiger partial charge in [0.25, 0.3) is 0 Å². The van der Waals surface area contributed by atoms with Crippen LogP contribution in [-0.4, -0.2) is 13.2 Å². The van der Waals surface area contributed by atoms with Gasteiger partial charge in [-0.2, -0.15) is 0 Å². The smallest absolute Gasteiger partial charge is 0.107 e. The maximum absolute atomic E-state index is 7.33. The van der Waals surface area contributed by atoms with Crippen LogP contribution in [0.1, 0.15) is 31.9 Å². The molecule has 0 bridgehead atoms. The van der Waals surface area contributed by atoms with Gasteiger partial charge in [-0.15, -0.1) is 6.42 Å². The van der Waals surface area contributed by atoms with Crippen LogP contribution in [0.2, 0.25) is 0 Å². The van der Waals surface area contributed by atoms with E-state index >= 15 is 0 Å². The summed E-state index contributed by atoms with van der Waals surface area (Å²) in [4.78, 5) is 0. The van der Waals surface area contributed by atoms with Crippen LogP contribution in [0.25, 0.3) is 0 Å². The lowest BCUT2D eigenvalue weighted by molar-refractivity contribution is 0.163. The summed E-state index contributed by atoms with van der Waals surface area (Å²) >= 11 is 0. The second-order valence-electron chi connectivity index (χ2n) is 0.845. The molecule has 0 unspecified atom stereocenters. The molecule has 0 aromatic heterocycles. The molecule has 0 fully saturated rings. The van der Waals surface area contributed by atoms with Crippen LogP contribution in [0.3, 0.4) is 0 Å². The molecule has 0 saturated heterocycles. The molecule has 0 aliphatic rings. The van der Waals surface area contributed by atoms with E-state index in [1.165, 1.54) is 0 Å². The fourth-order valence-corrected chi connectivity index (χ4v) is 0.139. The van der Waals surface area contributed by atoms with Crippen molar-refractivity contribution in [3.8, 4) is 12.3 Å². The van der Waals surface area contributed by atoms with E-state index in [0.29, 0.717) is 0 Å². The van der Waals surface area contributed by atoms with Gasteiger partial charge in [-0.25, -0.2) is 0 Å². The SMILES string of the molecule is [2H]C([2H])([2H])C([2H])([2H])C([2H])([2H])C([2H])([2H])OCC#C. The van der Waals surface area contributed by atoms with Crippen LogP contribution in [-0.2, 0) is 4.74 Å². The molecule has 0 aromatic carbocycles. The lowest BCUT2D eigenvalue weighted by Crippen LogP contribution is -1.92. The minimum Gasteiger partial charge on any atom is -0.369 e. The van der Waals surface area contributed by atoms with Gasteiger partial charge in [0.2, 0.25) is 0 Å². The third-order valence-corrected chi connectivity index (χ3v) is 0.341. The standard InChI is InChI=1S/C7H12O/c1-3-5-7-8-6-4-2/h2H,3,5-7H2,1H3/i1D3,3D2,5D2,7D2. The largest absolute Gasteiger partial charge is 0.369 e. The Morgan fingerprint density at radius 1 is 2.00 bits per heavy atom. The highest BCUT2D eigenvalue weighted by Gasteiger charge is 1.80. The van der Waals surface area contributed by atoms with Crippen LogP contribution in [0.4, 0.5) is 0 Å². The zero-order valence-corrected chi connectivity index (χ0v) is 4.19. The van der Waals surface area contributed by atoms with Gasteiger partial charge in [0, 0.05) is 16.2 Å². The number of rotatable bonds is 4. The molecular weight excluding hydrogens is 100 g/mol. The molecule has 0 aromatic rings. The Bertz CT molecular complexity index is 310. The summed E-state index contributed by atoms with van der Waals surface area (Å²) in [6.45, 7) is -7.08. The zero-order chi connectivity index (χ0) is 14.1. The Kier molecular flexibility index (Phi) is 1.08.